The highest BCUT2D eigenvalue weighted by Gasteiger charge is 2.24. The van der Waals surface area contributed by atoms with E-state index in [-0.39, 0.29) is 11.6 Å². The van der Waals surface area contributed by atoms with Gasteiger partial charge >= 0.3 is 0 Å². The highest BCUT2D eigenvalue weighted by molar-refractivity contribution is 6.34. The first-order chi connectivity index (χ1) is 10.3. The minimum atomic E-state index is -0.272. The minimum Gasteiger partial charge on any atom is -0.477 e. The van der Waals surface area contributed by atoms with Crippen LogP contribution in [-0.4, -0.2) is 38.6 Å². The number of aromatic nitrogens is 4. The minimum absolute atomic E-state index is 0.229. The Kier molecular flexibility index (Phi) is 4.10. The smallest absolute Gasteiger partial charge is 0.273 e. The van der Waals surface area contributed by atoms with Crippen LogP contribution < -0.4 is 10.1 Å². The second-order valence-electron chi connectivity index (χ2n) is 4.77. The van der Waals surface area contributed by atoms with Crippen molar-refractivity contribution in [1.29, 1.82) is 0 Å². The monoisotopic (exact) mass is 309 g/mol. The van der Waals surface area contributed by atoms with Gasteiger partial charge in [0, 0.05) is 38.4 Å². The lowest BCUT2D eigenvalue weighted by Gasteiger charge is -2.14. The fourth-order valence-corrected chi connectivity index (χ4v) is 2.48. The van der Waals surface area contributed by atoms with E-state index in [1.165, 1.54) is 0 Å². The van der Waals surface area contributed by atoms with Crippen LogP contribution >= 0.6 is 11.6 Å². The Morgan fingerprint density at radius 3 is 3.19 bits per heavy atom. The van der Waals surface area contributed by atoms with Gasteiger partial charge in [-0.25, -0.2) is 4.68 Å². The van der Waals surface area contributed by atoms with Gasteiger partial charge in [-0.3, -0.25) is 9.48 Å². The summed E-state index contributed by atoms with van der Waals surface area (Å²) in [4.78, 5) is 12.1. The summed E-state index contributed by atoms with van der Waals surface area (Å²) in [6.45, 7) is 2.62. The van der Waals surface area contributed by atoms with Crippen LogP contribution in [0.4, 0.5) is 0 Å². The van der Waals surface area contributed by atoms with Crippen molar-refractivity contribution < 1.29 is 9.53 Å². The molecule has 0 aromatic carbocycles. The number of nitrogens with zero attached hydrogens (tertiary/aromatic N) is 4. The molecule has 0 fully saturated rings. The molecule has 0 unspecified atom stereocenters. The normalized spacial score (nSPS) is 13.6. The molecular weight excluding hydrogens is 294 g/mol. The van der Waals surface area contributed by atoms with Crippen molar-refractivity contribution in [2.24, 2.45) is 0 Å². The molecule has 3 heterocycles. The maximum Gasteiger partial charge on any atom is 0.273 e. The van der Waals surface area contributed by atoms with Crippen LogP contribution in [0, 0.1) is 0 Å². The van der Waals surface area contributed by atoms with E-state index in [9.17, 15) is 4.79 Å². The molecule has 0 spiro atoms. The zero-order chi connectivity index (χ0) is 14.7. The largest absolute Gasteiger partial charge is 0.477 e. The van der Waals surface area contributed by atoms with E-state index in [1.807, 2.05) is 16.9 Å². The summed E-state index contributed by atoms with van der Waals surface area (Å²) in [6, 6.07) is 1.87. The number of hydrogen-bond donors (Lipinski definition) is 1. The number of hydrogen-bond acceptors (Lipinski definition) is 4. The van der Waals surface area contributed by atoms with E-state index in [0.717, 1.165) is 25.9 Å². The third-order valence-electron chi connectivity index (χ3n) is 3.23. The lowest BCUT2D eigenvalue weighted by molar-refractivity contribution is 0.0947. The second-order valence-corrected chi connectivity index (χ2v) is 5.15. The summed E-state index contributed by atoms with van der Waals surface area (Å²) < 4.78 is 8.90. The third-order valence-corrected chi connectivity index (χ3v) is 3.57. The second kappa shape index (κ2) is 6.17. The molecular formula is C13H16ClN5O2. The number of carbonyl (C=O) groups is 1. The van der Waals surface area contributed by atoms with E-state index >= 15 is 0 Å². The number of halogens is 1. The molecule has 0 aliphatic carbocycles. The molecule has 0 saturated heterocycles. The Bertz CT molecular complexity index is 623. The van der Waals surface area contributed by atoms with Gasteiger partial charge in [-0.15, -0.1) is 0 Å². The molecule has 2 aromatic heterocycles. The maximum atomic E-state index is 12.1. The molecule has 1 aliphatic heterocycles. The number of ether oxygens (including phenoxy) is 1. The molecule has 7 nitrogen and oxygen atoms in total. The molecule has 21 heavy (non-hydrogen) atoms. The quantitative estimate of drug-likeness (QED) is 0.846. The predicted octanol–water partition coefficient (Wildman–Crippen LogP) is 1.34. The average Bonchev–Trinajstić information content (AvgIpc) is 3.12. The van der Waals surface area contributed by atoms with Crippen LogP contribution in [0.25, 0.3) is 0 Å². The van der Waals surface area contributed by atoms with Gasteiger partial charge in [0.05, 0.1) is 6.61 Å². The first-order valence-electron chi connectivity index (χ1n) is 6.90. The lowest BCUT2D eigenvalue weighted by atomic mass is 10.3. The molecule has 0 bridgehead atoms. The molecule has 0 radical (unpaired) electrons. The van der Waals surface area contributed by atoms with Gasteiger partial charge in [-0.1, -0.05) is 11.6 Å². The first-order valence-corrected chi connectivity index (χ1v) is 7.28. The predicted molar refractivity (Wildman–Crippen MR) is 76.5 cm³/mol. The average molecular weight is 310 g/mol. The van der Waals surface area contributed by atoms with Crippen molar-refractivity contribution in [1.82, 2.24) is 24.9 Å². The molecule has 0 saturated carbocycles. The van der Waals surface area contributed by atoms with Gasteiger partial charge < -0.3 is 10.1 Å². The van der Waals surface area contributed by atoms with Crippen molar-refractivity contribution in [2.75, 3.05) is 13.2 Å². The summed E-state index contributed by atoms with van der Waals surface area (Å²) >= 11 is 6.15. The van der Waals surface area contributed by atoms with Crippen molar-refractivity contribution in [3.8, 4) is 5.88 Å². The van der Waals surface area contributed by atoms with Crippen molar-refractivity contribution in [3.05, 3.63) is 29.2 Å². The molecule has 1 N–H and O–H groups in total. The van der Waals surface area contributed by atoms with E-state index in [1.54, 1.807) is 10.9 Å². The number of fused-ring (bicyclic) bond motifs is 1. The zero-order valence-corrected chi connectivity index (χ0v) is 12.2. The van der Waals surface area contributed by atoms with Crippen LogP contribution in [0.1, 0.15) is 23.3 Å². The molecule has 3 rings (SSSR count). The Morgan fingerprint density at radius 2 is 2.43 bits per heavy atom. The topological polar surface area (TPSA) is 74.0 Å². The highest BCUT2D eigenvalue weighted by Crippen LogP contribution is 2.30. The number of rotatable bonds is 5. The number of aryl methyl sites for hydroxylation is 2. The van der Waals surface area contributed by atoms with Crippen LogP contribution in [0.15, 0.2) is 18.5 Å². The van der Waals surface area contributed by atoms with Crippen molar-refractivity contribution in [2.45, 2.75) is 25.9 Å². The Morgan fingerprint density at radius 1 is 1.52 bits per heavy atom. The fraction of sp³-hybridized carbons (Fsp3) is 0.462. The van der Waals surface area contributed by atoms with Crippen LogP contribution in [0.5, 0.6) is 5.88 Å². The summed E-state index contributed by atoms with van der Waals surface area (Å²) in [5.74, 6) is 0.218. The Hall–Kier alpha value is -2.02. The standard InChI is InChI=1S/C13H16ClN5O2/c14-10-11(17-19-8-3-9-21-13(10)19)12(20)15-4-1-6-18-7-2-5-16-18/h2,5,7H,1,3-4,6,8-9H2,(H,15,20). The van der Waals surface area contributed by atoms with Crippen molar-refractivity contribution in [3.63, 3.8) is 0 Å². The van der Waals surface area contributed by atoms with Crippen LogP contribution in [0.2, 0.25) is 5.02 Å². The van der Waals surface area contributed by atoms with E-state index in [4.69, 9.17) is 16.3 Å². The van der Waals surface area contributed by atoms with Crippen molar-refractivity contribution >= 4 is 17.5 Å². The molecule has 2 aromatic rings. The van der Waals surface area contributed by atoms with Crippen LogP contribution in [0.3, 0.4) is 0 Å². The number of amides is 1. The summed E-state index contributed by atoms with van der Waals surface area (Å²) in [5.41, 5.74) is 0.229. The van der Waals surface area contributed by atoms with E-state index < -0.39 is 0 Å². The van der Waals surface area contributed by atoms with Gasteiger partial charge in [0.15, 0.2) is 5.69 Å². The van der Waals surface area contributed by atoms with Gasteiger partial charge in [-0.2, -0.15) is 10.2 Å². The molecule has 0 atom stereocenters. The number of carbonyl (C=O) groups excluding carboxylic acids is 1. The lowest BCUT2D eigenvalue weighted by Crippen LogP contribution is -2.26. The molecule has 1 aliphatic rings. The first kappa shape index (κ1) is 13.9. The van der Waals surface area contributed by atoms with E-state index in [0.29, 0.717) is 24.1 Å². The van der Waals surface area contributed by atoms with Gasteiger partial charge in [0.25, 0.3) is 5.91 Å². The summed E-state index contributed by atoms with van der Waals surface area (Å²) in [7, 11) is 0. The molecule has 1 amide bonds. The highest BCUT2D eigenvalue weighted by atomic mass is 35.5. The Labute approximate surface area is 126 Å². The maximum absolute atomic E-state index is 12.1. The van der Waals surface area contributed by atoms with Gasteiger partial charge in [0.1, 0.15) is 5.02 Å². The van der Waals surface area contributed by atoms with Gasteiger partial charge in [0.2, 0.25) is 5.88 Å². The zero-order valence-electron chi connectivity index (χ0n) is 11.5. The summed E-state index contributed by atoms with van der Waals surface area (Å²) in [6.07, 6.45) is 5.28. The molecule has 112 valence electrons. The fourth-order valence-electron chi connectivity index (χ4n) is 2.20. The Balaban J connectivity index is 1.54. The summed E-state index contributed by atoms with van der Waals surface area (Å²) in [5, 5.41) is 11.4. The SMILES string of the molecule is O=C(NCCCn1cccn1)c1nn2c(c1Cl)OCCC2. The van der Waals surface area contributed by atoms with Crippen LogP contribution in [-0.2, 0) is 13.1 Å². The van der Waals surface area contributed by atoms with Gasteiger partial charge in [-0.05, 0) is 12.5 Å². The molecule has 8 heteroatoms. The van der Waals surface area contributed by atoms with E-state index in [2.05, 4.69) is 15.5 Å². The number of nitrogens with one attached hydrogen (secondary N) is 1. The third kappa shape index (κ3) is 3.02.